The molecular formula is C16H22N2OS2. The lowest BCUT2D eigenvalue weighted by Crippen LogP contribution is -2.24. The van der Waals surface area contributed by atoms with E-state index < -0.39 is 0 Å². The molecule has 1 amide bonds. The number of hydrogen-bond acceptors (Lipinski definition) is 4. The topological polar surface area (TPSA) is 55.1 Å². The number of thiophene rings is 1. The predicted octanol–water partition coefficient (Wildman–Crippen LogP) is 4.06. The highest BCUT2D eigenvalue weighted by molar-refractivity contribution is 7.98. The van der Waals surface area contributed by atoms with Gasteiger partial charge in [0.2, 0.25) is 0 Å². The monoisotopic (exact) mass is 322 g/mol. The number of aryl methyl sites for hydroxylation is 1. The Hall–Kier alpha value is -1.20. The van der Waals surface area contributed by atoms with Crippen molar-refractivity contribution in [2.75, 3.05) is 24.3 Å². The Morgan fingerprint density at radius 3 is 2.86 bits per heavy atom. The van der Waals surface area contributed by atoms with Crippen LogP contribution in [-0.2, 0) is 0 Å². The van der Waals surface area contributed by atoms with Crippen LogP contribution in [0.4, 0.5) is 5.69 Å². The number of hydrogen-bond donors (Lipinski definition) is 2. The van der Waals surface area contributed by atoms with Crippen molar-refractivity contribution in [3.8, 4) is 0 Å². The maximum absolute atomic E-state index is 12.3. The standard InChI is InChI=1S/C16H22N2OS2/c1-11-7-6-8-12-13(17)15(21-14(11)12)16(19)18-9-4-3-5-10-20-2/h6-8H,3-5,9-10,17H2,1-2H3,(H,18,19). The van der Waals surface area contributed by atoms with Gasteiger partial charge in [-0.25, -0.2) is 0 Å². The predicted molar refractivity (Wildman–Crippen MR) is 95.5 cm³/mol. The quantitative estimate of drug-likeness (QED) is 0.756. The third-order valence-electron chi connectivity index (χ3n) is 3.47. The molecular weight excluding hydrogens is 300 g/mol. The number of benzene rings is 1. The summed E-state index contributed by atoms with van der Waals surface area (Å²) in [6.45, 7) is 2.77. The van der Waals surface area contributed by atoms with Crippen LogP contribution in [0.3, 0.4) is 0 Å². The Labute approximate surface area is 134 Å². The maximum Gasteiger partial charge on any atom is 0.263 e. The van der Waals surface area contributed by atoms with E-state index in [1.54, 1.807) is 0 Å². The molecule has 0 aliphatic rings. The molecule has 0 saturated carbocycles. The number of unbranched alkanes of at least 4 members (excludes halogenated alkanes) is 2. The number of amides is 1. The van der Waals surface area contributed by atoms with E-state index in [2.05, 4.69) is 11.6 Å². The van der Waals surface area contributed by atoms with Crippen molar-refractivity contribution >= 4 is 44.8 Å². The molecule has 0 bridgehead atoms. The Kier molecular flexibility index (Phi) is 5.94. The second-order valence-corrected chi connectivity index (χ2v) is 7.11. The first-order valence-corrected chi connectivity index (χ1v) is 9.41. The third kappa shape index (κ3) is 3.92. The van der Waals surface area contributed by atoms with Gasteiger partial charge >= 0.3 is 0 Å². The van der Waals surface area contributed by atoms with Crippen molar-refractivity contribution < 1.29 is 4.79 Å². The maximum atomic E-state index is 12.3. The van der Waals surface area contributed by atoms with E-state index in [1.165, 1.54) is 29.1 Å². The lowest BCUT2D eigenvalue weighted by molar-refractivity contribution is 0.0958. The van der Waals surface area contributed by atoms with Crippen LogP contribution >= 0.6 is 23.1 Å². The number of nitrogens with two attached hydrogens (primary N) is 1. The molecule has 0 radical (unpaired) electrons. The highest BCUT2D eigenvalue weighted by Crippen LogP contribution is 2.35. The number of anilines is 1. The van der Waals surface area contributed by atoms with Crippen LogP contribution in [0.1, 0.15) is 34.5 Å². The molecule has 1 aromatic carbocycles. The van der Waals surface area contributed by atoms with Gasteiger partial charge in [0, 0.05) is 16.6 Å². The number of nitrogen functional groups attached to an aromatic ring is 1. The van der Waals surface area contributed by atoms with Gasteiger partial charge in [-0.2, -0.15) is 11.8 Å². The zero-order valence-corrected chi connectivity index (χ0v) is 14.2. The van der Waals surface area contributed by atoms with Gasteiger partial charge in [0.05, 0.1) is 5.69 Å². The van der Waals surface area contributed by atoms with Crippen molar-refractivity contribution in [1.29, 1.82) is 0 Å². The summed E-state index contributed by atoms with van der Waals surface area (Å²) in [4.78, 5) is 12.9. The highest BCUT2D eigenvalue weighted by Gasteiger charge is 2.16. The highest BCUT2D eigenvalue weighted by atomic mass is 32.2. The van der Waals surface area contributed by atoms with Gasteiger partial charge in [-0.05, 0) is 37.3 Å². The zero-order chi connectivity index (χ0) is 15.2. The number of fused-ring (bicyclic) bond motifs is 1. The molecule has 0 aliphatic heterocycles. The minimum absolute atomic E-state index is 0.0435. The Bertz CT molecular complexity index is 622. The van der Waals surface area contributed by atoms with Gasteiger partial charge in [-0.3, -0.25) is 4.79 Å². The number of carbonyl (C=O) groups excluding carboxylic acids is 1. The largest absolute Gasteiger partial charge is 0.397 e. The van der Waals surface area contributed by atoms with Crippen LogP contribution in [-0.4, -0.2) is 24.5 Å². The zero-order valence-electron chi connectivity index (χ0n) is 12.6. The lowest BCUT2D eigenvalue weighted by Gasteiger charge is -2.04. The third-order valence-corrected chi connectivity index (χ3v) is 5.52. The molecule has 1 heterocycles. The first-order valence-electron chi connectivity index (χ1n) is 7.20. The van der Waals surface area contributed by atoms with Crippen molar-refractivity contribution in [1.82, 2.24) is 5.32 Å². The van der Waals surface area contributed by atoms with Crippen molar-refractivity contribution in [2.45, 2.75) is 26.2 Å². The van der Waals surface area contributed by atoms with Crippen LogP contribution in [0.15, 0.2) is 18.2 Å². The SMILES string of the molecule is CSCCCCCNC(=O)c1sc2c(C)cccc2c1N. The first-order chi connectivity index (χ1) is 10.1. The smallest absolute Gasteiger partial charge is 0.263 e. The fourth-order valence-corrected chi connectivity index (χ4v) is 3.88. The molecule has 1 aromatic heterocycles. The van der Waals surface area contributed by atoms with Gasteiger partial charge in [-0.1, -0.05) is 24.6 Å². The molecule has 114 valence electrons. The average Bonchev–Trinajstić information content (AvgIpc) is 2.82. The number of rotatable bonds is 7. The summed E-state index contributed by atoms with van der Waals surface area (Å²) in [5.74, 6) is 1.15. The van der Waals surface area contributed by atoms with E-state index in [1.807, 2.05) is 36.9 Å². The van der Waals surface area contributed by atoms with Crippen molar-refractivity contribution in [3.05, 3.63) is 28.6 Å². The second-order valence-electron chi connectivity index (χ2n) is 5.11. The normalized spacial score (nSPS) is 11.0. The summed E-state index contributed by atoms with van der Waals surface area (Å²) in [5.41, 5.74) is 7.90. The molecule has 0 unspecified atom stereocenters. The molecule has 0 saturated heterocycles. The minimum atomic E-state index is -0.0435. The van der Waals surface area contributed by atoms with Gasteiger partial charge in [0.15, 0.2) is 0 Å². The Morgan fingerprint density at radius 2 is 2.14 bits per heavy atom. The Balaban J connectivity index is 1.97. The van der Waals surface area contributed by atoms with Gasteiger partial charge < -0.3 is 11.1 Å². The molecule has 0 aliphatic carbocycles. The van der Waals surface area contributed by atoms with Gasteiger partial charge in [0.25, 0.3) is 5.91 Å². The minimum Gasteiger partial charge on any atom is -0.397 e. The van der Waals surface area contributed by atoms with Crippen LogP contribution < -0.4 is 11.1 Å². The summed E-state index contributed by atoms with van der Waals surface area (Å²) >= 11 is 3.36. The summed E-state index contributed by atoms with van der Waals surface area (Å²) in [6.07, 6.45) is 5.51. The molecule has 5 heteroatoms. The van der Waals surface area contributed by atoms with Crippen molar-refractivity contribution in [2.24, 2.45) is 0 Å². The first kappa shape index (κ1) is 16.2. The van der Waals surface area contributed by atoms with Gasteiger partial charge in [0.1, 0.15) is 4.88 Å². The molecule has 2 rings (SSSR count). The summed E-state index contributed by atoms with van der Waals surface area (Å²) in [7, 11) is 0. The van der Waals surface area contributed by atoms with Crippen LogP contribution in [0.5, 0.6) is 0 Å². The molecule has 21 heavy (non-hydrogen) atoms. The van der Waals surface area contributed by atoms with E-state index in [0.29, 0.717) is 10.6 Å². The van der Waals surface area contributed by atoms with E-state index in [4.69, 9.17) is 5.73 Å². The fourth-order valence-electron chi connectivity index (χ4n) is 2.28. The number of thioether (sulfide) groups is 1. The Morgan fingerprint density at radius 1 is 1.33 bits per heavy atom. The molecule has 2 aromatic rings. The van der Waals surface area contributed by atoms with E-state index >= 15 is 0 Å². The van der Waals surface area contributed by atoms with E-state index in [0.717, 1.165) is 29.5 Å². The summed E-state index contributed by atoms with van der Waals surface area (Å²) in [6, 6.07) is 6.01. The van der Waals surface area contributed by atoms with Crippen LogP contribution in [0.2, 0.25) is 0 Å². The number of nitrogens with one attached hydrogen (secondary N) is 1. The molecule has 0 atom stereocenters. The van der Waals surface area contributed by atoms with Crippen LogP contribution in [0.25, 0.3) is 10.1 Å². The fraction of sp³-hybridized carbons (Fsp3) is 0.438. The van der Waals surface area contributed by atoms with E-state index in [9.17, 15) is 4.79 Å². The lowest BCUT2D eigenvalue weighted by atomic mass is 10.1. The molecule has 0 fully saturated rings. The van der Waals surface area contributed by atoms with Gasteiger partial charge in [-0.15, -0.1) is 11.3 Å². The summed E-state index contributed by atoms with van der Waals surface area (Å²) in [5, 5.41) is 3.97. The van der Waals surface area contributed by atoms with E-state index in [-0.39, 0.29) is 5.91 Å². The summed E-state index contributed by atoms with van der Waals surface area (Å²) < 4.78 is 1.11. The average molecular weight is 322 g/mol. The van der Waals surface area contributed by atoms with Crippen LogP contribution in [0, 0.1) is 6.92 Å². The molecule has 3 N–H and O–H groups in total. The number of carbonyl (C=O) groups is 1. The molecule has 0 spiro atoms. The molecule has 3 nitrogen and oxygen atoms in total. The van der Waals surface area contributed by atoms with Crippen molar-refractivity contribution in [3.63, 3.8) is 0 Å². The second kappa shape index (κ2) is 7.71.